The zero-order valence-corrected chi connectivity index (χ0v) is 21.7. The lowest BCUT2D eigenvalue weighted by Crippen LogP contribution is -2.71. The first-order valence-electron chi connectivity index (χ1n) is 11.0. The zero-order chi connectivity index (χ0) is 26.3. The summed E-state index contributed by atoms with van der Waals surface area (Å²) in [5, 5.41) is 20.3. The molecule has 2 aliphatic heterocycles. The van der Waals surface area contributed by atoms with Gasteiger partial charge in [0.15, 0.2) is 29.8 Å². The second-order valence-electron chi connectivity index (χ2n) is 8.08. The van der Waals surface area contributed by atoms with Crippen molar-refractivity contribution < 1.29 is 28.9 Å². The molecule has 3 aromatic rings. The van der Waals surface area contributed by atoms with Crippen LogP contribution in [0.2, 0.25) is 5.15 Å². The number of β-lactam (4-membered cyclic amide) rings is 1. The highest BCUT2D eigenvalue weighted by Crippen LogP contribution is 2.40. The number of carboxylic acid groups (broad SMARTS) is 1. The van der Waals surface area contributed by atoms with Crippen molar-refractivity contribution in [1.82, 2.24) is 19.6 Å². The van der Waals surface area contributed by atoms with Crippen LogP contribution in [-0.4, -0.2) is 61.6 Å². The number of hydrogen-bond donors (Lipinski definition) is 2. The standard InChI is InChI=1S/C22H20ClN7O5S2/c1-2-35-27-15(13-10-37-22(24)25-13)18(31)26-16-19(32)30-17(21(33)34)11(9-36-20(16)30)7-28-5-6-29-12(8-28)3-4-14(29)23/h3-6,8,10,16,20H,2,7,9H2,1H3,(H3-,24,25,26,31,33,34)/b27-15-/t16-,20+/m1/s1. The van der Waals surface area contributed by atoms with E-state index in [0.29, 0.717) is 16.5 Å². The molecule has 0 radical (unpaired) electrons. The number of carbonyl (C=O) groups is 3. The number of thiazole rings is 1. The fourth-order valence-electron chi connectivity index (χ4n) is 4.12. The van der Waals surface area contributed by atoms with Crippen LogP contribution in [0.25, 0.3) is 5.52 Å². The van der Waals surface area contributed by atoms with Crippen molar-refractivity contribution in [2.75, 3.05) is 18.1 Å². The second kappa shape index (κ2) is 10.0. The second-order valence-corrected chi connectivity index (χ2v) is 10.5. The normalized spacial score (nSPS) is 19.6. The number of nitrogens with two attached hydrogens (primary N) is 1. The van der Waals surface area contributed by atoms with Crippen molar-refractivity contribution in [3.8, 4) is 0 Å². The average molecular weight is 562 g/mol. The molecule has 0 saturated carbocycles. The number of nitrogens with one attached hydrogen (secondary N) is 1. The summed E-state index contributed by atoms with van der Waals surface area (Å²) in [5.74, 6) is -2.37. The Morgan fingerprint density at radius 1 is 1.43 bits per heavy atom. The van der Waals surface area contributed by atoms with E-state index in [1.807, 2.05) is 16.8 Å². The molecule has 0 aromatic carbocycles. The molecular weight excluding hydrogens is 542 g/mol. The summed E-state index contributed by atoms with van der Waals surface area (Å²) in [5.41, 5.74) is 6.92. The molecule has 2 atom stereocenters. The number of halogens is 1. The molecule has 12 nitrogen and oxygen atoms in total. The maximum absolute atomic E-state index is 13.0. The number of nitrogens with zero attached hydrogens (tertiary/aromatic N) is 5. The van der Waals surface area contributed by atoms with Gasteiger partial charge in [-0.1, -0.05) is 16.8 Å². The molecule has 1 saturated heterocycles. The van der Waals surface area contributed by atoms with Gasteiger partial charge in [0.2, 0.25) is 0 Å². The van der Waals surface area contributed by atoms with Crippen LogP contribution in [0.4, 0.5) is 5.13 Å². The largest absolute Gasteiger partial charge is 0.543 e. The maximum Gasteiger partial charge on any atom is 0.276 e. The molecule has 0 unspecified atom stereocenters. The van der Waals surface area contributed by atoms with Gasteiger partial charge in [-0.05, 0) is 19.1 Å². The van der Waals surface area contributed by atoms with Crippen LogP contribution in [0.3, 0.4) is 0 Å². The molecule has 3 aromatic heterocycles. The Kier molecular flexibility index (Phi) is 6.79. The number of amides is 2. The zero-order valence-electron chi connectivity index (χ0n) is 19.3. The first-order chi connectivity index (χ1) is 17.8. The average Bonchev–Trinajstić information content (AvgIpc) is 3.47. The smallest absolute Gasteiger partial charge is 0.276 e. The molecule has 37 heavy (non-hydrogen) atoms. The van der Waals surface area contributed by atoms with E-state index in [9.17, 15) is 19.5 Å². The van der Waals surface area contributed by atoms with Gasteiger partial charge in [-0.15, -0.1) is 23.1 Å². The Morgan fingerprint density at radius 3 is 2.95 bits per heavy atom. The summed E-state index contributed by atoms with van der Waals surface area (Å²) >= 11 is 8.61. The topological polar surface area (TPSA) is 158 Å². The fraction of sp³-hybridized carbons (Fsp3) is 0.273. The van der Waals surface area contributed by atoms with Crippen LogP contribution in [0.5, 0.6) is 0 Å². The minimum Gasteiger partial charge on any atom is -0.543 e. The number of hydrogen-bond acceptors (Lipinski definition) is 10. The molecule has 3 N–H and O–H groups in total. The summed E-state index contributed by atoms with van der Waals surface area (Å²) in [7, 11) is 0. The molecule has 0 bridgehead atoms. The summed E-state index contributed by atoms with van der Waals surface area (Å²) in [6.07, 6.45) is 5.36. The minimum atomic E-state index is -1.46. The van der Waals surface area contributed by atoms with Gasteiger partial charge in [0.25, 0.3) is 11.8 Å². The third-order valence-electron chi connectivity index (χ3n) is 5.77. The van der Waals surface area contributed by atoms with E-state index in [-0.39, 0.29) is 35.4 Å². The Labute approximate surface area is 223 Å². The summed E-state index contributed by atoms with van der Waals surface area (Å²) in [6, 6.07) is 2.64. The molecule has 192 valence electrons. The number of aliphatic carboxylic acids is 1. The van der Waals surface area contributed by atoms with Gasteiger partial charge in [0.1, 0.15) is 34.4 Å². The van der Waals surface area contributed by atoms with Gasteiger partial charge >= 0.3 is 0 Å². The van der Waals surface area contributed by atoms with E-state index in [1.54, 1.807) is 35.2 Å². The van der Waals surface area contributed by atoms with E-state index in [2.05, 4.69) is 15.5 Å². The molecule has 2 amide bonds. The van der Waals surface area contributed by atoms with Gasteiger partial charge in [-0.25, -0.2) is 4.98 Å². The Balaban J connectivity index is 1.35. The molecule has 2 aliphatic rings. The lowest BCUT2D eigenvalue weighted by molar-refractivity contribution is -0.688. The fourth-order valence-corrected chi connectivity index (χ4v) is 6.22. The van der Waals surface area contributed by atoms with E-state index < -0.39 is 29.2 Å². The van der Waals surface area contributed by atoms with Gasteiger partial charge in [0.05, 0.1) is 17.9 Å². The van der Waals surface area contributed by atoms with Crippen molar-refractivity contribution in [2.45, 2.75) is 24.9 Å². The van der Waals surface area contributed by atoms with Crippen molar-refractivity contribution in [3.63, 3.8) is 0 Å². The van der Waals surface area contributed by atoms with Gasteiger partial charge in [-0.3, -0.25) is 18.9 Å². The Bertz CT molecular complexity index is 1480. The maximum atomic E-state index is 13.0. The van der Waals surface area contributed by atoms with Crippen LogP contribution in [-0.2, 0) is 25.8 Å². The molecule has 15 heteroatoms. The number of rotatable bonds is 8. The molecule has 0 spiro atoms. The number of nitrogen functional groups attached to an aromatic ring is 1. The first-order valence-corrected chi connectivity index (χ1v) is 13.3. The number of aromatic nitrogens is 3. The quantitative estimate of drug-likeness (QED) is 0.165. The number of carboxylic acids is 1. The minimum absolute atomic E-state index is 0.129. The van der Waals surface area contributed by atoms with Crippen molar-refractivity contribution >= 4 is 68.8 Å². The van der Waals surface area contributed by atoms with Crippen molar-refractivity contribution in [2.24, 2.45) is 5.16 Å². The van der Waals surface area contributed by atoms with Crippen LogP contribution >= 0.6 is 34.7 Å². The Hall–Kier alpha value is -3.62. The molecule has 1 fully saturated rings. The monoisotopic (exact) mass is 561 g/mol. The summed E-state index contributed by atoms with van der Waals surface area (Å²) in [4.78, 5) is 48.4. The predicted molar refractivity (Wildman–Crippen MR) is 134 cm³/mol. The third kappa shape index (κ3) is 4.63. The van der Waals surface area contributed by atoms with Crippen LogP contribution in [0, 0.1) is 0 Å². The predicted octanol–water partition coefficient (Wildman–Crippen LogP) is -0.236. The summed E-state index contributed by atoms with van der Waals surface area (Å²) < 4.78 is 3.59. The molecule has 5 rings (SSSR count). The number of oxime groups is 1. The number of carbonyl (C=O) groups excluding carboxylic acids is 3. The lowest BCUT2D eigenvalue weighted by Gasteiger charge is -2.50. The van der Waals surface area contributed by atoms with E-state index in [0.717, 1.165) is 21.8 Å². The SMILES string of the molecule is CCO/N=C(\C(=O)N[C@@H]1C(=O)N2C(C(=O)[O-])=C(C[n+]3ccn4c(Cl)ccc4c3)CS[C@@H]12)c1csc(N)n1. The highest BCUT2D eigenvalue weighted by molar-refractivity contribution is 8.00. The number of fused-ring (bicyclic) bond motifs is 2. The highest BCUT2D eigenvalue weighted by atomic mass is 35.5. The molecular formula is C22H20ClN7O5S2. The van der Waals surface area contributed by atoms with Crippen LogP contribution in [0.1, 0.15) is 12.6 Å². The molecule has 5 heterocycles. The first kappa shape index (κ1) is 25.0. The third-order valence-corrected chi connectivity index (χ3v) is 8.09. The van der Waals surface area contributed by atoms with Crippen LogP contribution < -0.4 is 20.7 Å². The Morgan fingerprint density at radius 2 is 2.24 bits per heavy atom. The van der Waals surface area contributed by atoms with E-state index in [4.69, 9.17) is 22.2 Å². The van der Waals surface area contributed by atoms with Gasteiger partial charge in [0, 0.05) is 16.7 Å². The van der Waals surface area contributed by atoms with Gasteiger partial charge in [-0.2, -0.15) is 4.57 Å². The number of anilines is 1. The van der Waals surface area contributed by atoms with Gasteiger partial charge < -0.3 is 25.8 Å². The lowest BCUT2D eigenvalue weighted by atomic mass is 10.0. The summed E-state index contributed by atoms with van der Waals surface area (Å²) in [6.45, 7) is 2.16. The van der Waals surface area contributed by atoms with Crippen LogP contribution in [0.15, 0.2) is 52.5 Å². The van der Waals surface area contributed by atoms with Crippen molar-refractivity contribution in [1.29, 1.82) is 0 Å². The number of thioether (sulfide) groups is 1. The van der Waals surface area contributed by atoms with Crippen molar-refractivity contribution in [3.05, 3.63) is 58.2 Å². The van der Waals surface area contributed by atoms with E-state index >= 15 is 0 Å². The van der Waals surface area contributed by atoms with E-state index in [1.165, 1.54) is 11.8 Å². The highest BCUT2D eigenvalue weighted by Gasteiger charge is 2.53. The molecule has 0 aliphatic carbocycles.